The van der Waals surface area contributed by atoms with E-state index in [9.17, 15) is 4.79 Å². The smallest absolute Gasteiger partial charge is 0.409 e. The topological polar surface area (TPSA) is 60.4 Å². The van der Waals surface area contributed by atoms with Crippen LogP contribution in [0.3, 0.4) is 0 Å². The first-order valence-corrected chi connectivity index (χ1v) is 8.87. The fourth-order valence-corrected chi connectivity index (χ4v) is 3.65. The number of oxime groups is 1. The van der Waals surface area contributed by atoms with Gasteiger partial charge in [0.25, 0.3) is 0 Å². The van der Waals surface area contributed by atoms with Gasteiger partial charge in [0.15, 0.2) is 5.60 Å². The van der Waals surface area contributed by atoms with Crippen LogP contribution in [-0.4, -0.2) is 55.2 Å². The summed E-state index contributed by atoms with van der Waals surface area (Å²) in [5.74, 6) is 0. The van der Waals surface area contributed by atoms with Crippen LogP contribution in [0.25, 0.3) is 0 Å². The Morgan fingerprint density at radius 3 is 3.04 bits per heavy atom. The third-order valence-electron chi connectivity index (χ3n) is 4.69. The standard InChI is InChI=1S/C18H23ClN2O4/c1-3-24-17(22)21-11-16(23-2)18(12-21)10-15(20-25-18)8-7-13-5-4-6-14(19)9-13/h4-6,9,16H,3,7-8,10-12H2,1-2H3. The average molecular weight is 367 g/mol. The second-order valence-corrected chi connectivity index (χ2v) is 6.86. The normalized spacial score (nSPS) is 25.2. The maximum Gasteiger partial charge on any atom is 0.409 e. The van der Waals surface area contributed by atoms with Crippen molar-refractivity contribution in [1.82, 2.24) is 4.90 Å². The molecule has 136 valence electrons. The summed E-state index contributed by atoms with van der Waals surface area (Å²) < 4.78 is 10.7. The lowest BCUT2D eigenvalue weighted by Crippen LogP contribution is -2.43. The maximum absolute atomic E-state index is 12.0. The molecular formula is C18H23ClN2O4. The molecule has 0 radical (unpaired) electrons. The molecule has 0 N–H and O–H groups in total. The second kappa shape index (κ2) is 7.62. The van der Waals surface area contributed by atoms with Gasteiger partial charge in [0.05, 0.1) is 25.4 Å². The van der Waals surface area contributed by atoms with Crippen molar-refractivity contribution in [2.24, 2.45) is 5.16 Å². The zero-order valence-electron chi connectivity index (χ0n) is 14.5. The largest absolute Gasteiger partial charge is 0.450 e. The van der Waals surface area contributed by atoms with E-state index in [1.54, 1.807) is 18.9 Å². The molecule has 2 aliphatic heterocycles. The molecule has 1 fully saturated rings. The molecule has 1 saturated heterocycles. The number of aryl methyl sites for hydroxylation is 1. The van der Waals surface area contributed by atoms with Crippen LogP contribution in [0.15, 0.2) is 29.4 Å². The summed E-state index contributed by atoms with van der Waals surface area (Å²) in [6.45, 7) is 3.02. The van der Waals surface area contributed by atoms with E-state index in [1.807, 2.05) is 24.3 Å². The summed E-state index contributed by atoms with van der Waals surface area (Å²) in [5, 5.41) is 5.01. The Balaban J connectivity index is 1.60. The summed E-state index contributed by atoms with van der Waals surface area (Å²) >= 11 is 6.03. The van der Waals surface area contributed by atoms with E-state index < -0.39 is 5.60 Å². The van der Waals surface area contributed by atoms with Crippen LogP contribution in [0, 0.1) is 0 Å². The van der Waals surface area contributed by atoms with Crippen LogP contribution in [0.1, 0.15) is 25.3 Å². The van der Waals surface area contributed by atoms with Gasteiger partial charge < -0.3 is 19.2 Å². The number of methoxy groups -OCH3 is 1. The van der Waals surface area contributed by atoms with Crippen molar-refractivity contribution in [2.75, 3.05) is 26.8 Å². The van der Waals surface area contributed by atoms with E-state index in [-0.39, 0.29) is 12.2 Å². The van der Waals surface area contributed by atoms with Gasteiger partial charge in [-0.25, -0.2) is 4.79 Å². The predicted molar refractivity (Wildman–Crippen MR) is 95.0 cm³/mol. The minimum atomic E-state index is -0.606. The molecule has 1 aromatic rings. The number of halogens is 1. The SMILES string of the molecule is CCOC(=O)N1CC(OC)C2(CC(CCc3cccc(Cl)c3)=NO2)C1. The van der Waals surface area contributed by atoms with Crippen LogP contribution < -0.4 is 0 Å². The zero-order valence-corrected chi connectivity index (χ0v) is 15.3. The van der Waals surface area contributed by atoms with Crippen molar-refractivity contribution in [2.45, 2.75) is 37.9 Å². The molecule has 2 unspecified atom stereocenters. The van der Waals surface area contributed by atoms with E-state index in [1.165, 1.54) is 5.56 Å². The van der Waals surface area contributed by atoms with Gasteiger partial charge in [-0.2, -0.15) is 0 Å². The molecule has 7 heteroatoms. The molecule has 0 aliphatic carbocycles. The fourth-order valence-electron chi connectivity index (χ4n) is 3.44. The highest BCUT2D eigenvalue weighted by Crippen LogP contribution is 2.36. The first-order valence-electron chi connectivity index (χ1n) is 8.49. The van der Waals surface area contributed by atoms with Gasteiger partial charge in [-0.05, 0) is 37.5 Å². The molecule has 25 heavy (non-hydrogen) atoms. The number of nitrogens with zero attached hydrogens (tertiary/aromatic N) is 2. The van der Waals surface area contributed by atoms with E-state index in [4.69, 9.17) is 25.9 Å². The minimum Gasteiger partial charge on any atom is -0.450 e. The van der Waals surface area contributed by atoms with Crippen LogP contribution in [0.5, 0.6) is 0 Å². The molecule has 2 atom stereocenters. The zero-order chi connectivity index (χ0) is 17.9. The van der Waals surface area contributed by atoms with Crippen molar-refractivity contribution in [3.63, 3.8) is 0 Å². The number of carbonyl (C=O) groups excluding carboxylic acids is 1. The summed E-state index contributed by atoms with van der Waals surface area (Å²) in [6.07, 6.45) is 1.74. The van der Waals surface area contributed by atoms with Crippen molar-refractivity contribution in [3.8, 4) is 0 Å². The minimum absolute atomic E-state index is 0.218. The highest BCUT2D eigenvalue weighted by molar-refractivity contribution is 6.30. The van der Waals surface area contributed by atoms with Crippen LogP contribution in [-0.2, 0) is 20.7 Å². The van der Waals surface area contributed by atoms with Gasteiger partial charge >= 0.3 is 6.09 Å². The monoisotopic (exact) mass is 366 g/mol. The fraction of sp³-hybridized carbons (Fsp3) is 0.556. The molecule has 1 aromatic carbocycles. The van der Waals surface area contributed by atoms with Gasteiger partial charge in [0, 0.05) is 18.6 Å². The van der Waals surface area contributed by atoms with Gasteiger partial charge in [0.2, 0.25) is 0 Å². The Bertz CT molecular complexity index is 666. The third kappa shape index (κ3) is 3.90. The van der Waals surface area contributed by atoms with Crippen LogP contribution >= 0.6 is 11.6 Å². The van der Waals surface area contributed by atoms with Gasteiger partial charge in [-0.15, -0.1) is 0 Å². The number of likely N-dealkylation sites (tertiary alicyclic amines) is 1. The highest BCUT2D eigenvalue weighted by atomic mass is 35.5. The summed E-state index contributed by atoms with van der Waals surface area (Å²) in [6, 6.07) is 7.82. The summed E-state index contributed by atoms with van der Waals surface area (Å²) in [5.41, 5.74) is 1.54. The molecule has 6 nitrogen and oxygen atoms in total. The lowest BCUT2D eigenvalue weighted by Gasteiger charge is -2.25. The number of hydrogen-bond donors (Lipinski definition) is 0. The first kappa shape index (κ1) is 18.0. The second-order valence-electron chi connectivity index (χ2n) is 6.42. The summed E-state index contributed by atoms with van der Waals surface area (Å²) in [7, 11) is 1.63. The Hall–Kier alpha value is -1.79. The van der Waals surface area contributed by atoms with E-state index in [0.717, 1.165) is 23.6 Å². The Morgan fingerprint density at radius 1 is 1.48 bits per heavy atom. The third-order valence-corrected chi connectivity index (χ3v) is 4.93. The molecule has 1 spiro atoms. The van der Waals surface area contributed by atoms with Gasteiger partial charge in [-0.1, -0.05) is 28.9 Å². The number of benzene rings is 1. The van der Waals surface area contributed by atoms with Gasteiger partial charge in [0.1, 0.15) is 6.10 Å². The first-order chi connectivity index (χ1) is 12.1. The highest BCUT2D eigenvalue weighted by Gasteiger charge is 2.54. The molecule has 2 heterocycles. The van der Waals surface area contributed by atoms with E-state index in [2.05, 4.69) is 5.16 Å². The number of carbonyl (C=O) groups is 1. The Kier molecular flexibility index (Phi) is 5.49. The predicted octanol–water partition coefficient (Wildman–Crippen LogP) is 3.27. The van der Waals surface area contributed by atoms with Crippen LogP contribution in [0.2, 0.25) is 5.02 Å². The van der Waals surface area contributed by atoms with Crippen molar-refractivity contribution in [3.05, 3.63) is 34.9 Å². The Labute approximate surface area is 152 Å². The summed E-state index contributed by atoms with van der Waals surface area (Å²) in [4.78, 5) is 19.4. The molecule has 0 aromatic heterocycles. The molecule has 1 amide bonds. The molecular weight excluding hydrogens is 344 g/mol. The van der Waals surface area contributed by atoms with Crippen molar-refractivity contribution < 1.29 is 19.1 Å². The van der Waals surface area contributed by atoms with Gasteiger partial charge in [-0.3, -0.25) is 0 Å². The van der Waals surface area contributed by atoms with E-state index in [0.29, 0.717) is 26.1 Å². The quantitative estimate of drug-likeness (QED) is 0.802. The molecule has 3 rings (SSSR count). The van der Waals surface area contributed by atoms with Crippen LogP contribution in [0.4, 0.5) is 4.79 Å². The maximum atomic E-state index is 12.0. The molecule has 2 aliphatic rings. The lowest BCUT2D eigenvalue weighted by molar-refractivity contribution is -0.0903. The van der Waals surface area contributed by atoms with Crippen molar-refractivity contribution >= 4 is 23.4 Å². The number of hydrogen-bond acceptors (Lipinski definition) is 5. The Morgan fingerprint density at radius 2 is 2.32 bits per heavy atom. The van der Waals surface area contributed by atoms with E-state index >= 15 is 0 Å². The number of amides is 1. The average Bonchev–Trinajstić information content (AvgIpc) is 3.18. The molecule has 0 saturated carbocycles. The lowest BCUT2D eigenvalue weighted by atomic mass is 9.92. The molecule has 0 bridgehead atoms. The number of rotatable bonds is 5. The van der Waals surface area contributed by atoms with Crippen molar-refractivity contribution in [1.29, 1.82) is 0 Å². The number of ether oxygens (including phenoxy) is 2.